The van der Waals surface area contributed by atoms with E-state index in [0.29, 0.717) is 6.61 Å². The third-order valence-electron chi connectivity index (χ3n) is 8.44. The van der Waals surface area contributed by atoms with Crippen LogP contribution in [-0.4, -0.2) is 17.6 Å². The first-order chi connectivity index (χ1) is 20.8. The Morgan fingerprint density at radius 3 is 1.76 bits per heavy atom. The van der Waals surface area contributed by atoms with Crippen molar-refractivity contribution in [3.63, 3.8) is 0 Å². The molecule has 0 saturated heterocycles. The molecule has 1 aliphatic rings. The van der Waals surface area contributed by atoms with Crippen LogP contribution in [-0.2, 0) is 6.61 Å². The Morgan fingerprint density at radius 2 is 1.10 bits per heavy atom. The molecule has 3 nitrogen and oxygen atoms in total. The molecule has 4 heteroatoms. The number of fused-ring (bicyclic) bond motifs is 5. The highest BCUT2D eigenvalue weighted by atomic mass is 28.3. The number of imidazole rings is 1. The molecule has 1 aromatic heterocycles. The number of aromatic nitrogens is 2. The van der Waals surface area contributed by atoms with Crippen LogP contribution in [0, 0.1) is 0 Å². The zero-order valence-corrected chi connectivity index (χ0v) is 24.0. The summed E-state index contributed by atoms with van der Waals surface area (Å²) < 4.78 is 8.24. The van der Waals surface area contributed by atoms with Gasteiger partial charge in [-0.3, -0.25) is 4.57 Å². The molecular weight excluding hydrogens is 529 g/mol. The average Bonchev–Trinajstić information content (AvgIpc) is 3.45. The van der Waals surface area contributed by atoms with E-state index in [1.54, 1.807) is 0 Å². The van der Waals surface area contributed by atoms with Crippen molar-refractivity contribution >= 4 is 39.9 Å². The van der Waals surface area contributed by atoms with Crippen molar-refractivity contribution in [3.8, 4) is 22.6 Å². The minimum absolute atomic E-state index is 0.468. The quantitative estimate of drug-likeness (QED) is 0.193. The summed E-state index contributed by atoms with van der Waals surface area (Å²) in [6, 6.07) is 57.2. The highest BCUT2D eigenvalue weighted by Crippen LogP contribution is 2.34. The molecule has 0 saturated carbocycles. The van der Waals surface area contributed by atoms with E-state index in [-0.39, 0.29) is 0 Å². The van der Waals surface area contributed by atoms with Crippen LogP contribution >= 0.6 is 0 Å². The molecule has 0 atom stereocenters. The van der Waals surface area contributed by atoms with Crippen molar-refractivity contribution in [3.05, 3.63) is 164 Å². The fourth-order valence-electron chi connectivity index (χ4n) is 6.57. The van der Waals surface area contributed by atoms with E-state index >= 15 is 0 Å². The summed E-state index contributed by atoms with van der Waals surface area (Å²) in [5, 5.41) is 5.47. The summed E-state index contributed by atoms with van der Waals surface area (Å²) >= 11 is 0. The Balaban J connectivity index is 1.35. The summed E-state index contributed by atoms with van der Waals surface area (Å²) in [5.74, 6) is 1.82. The van der Waals surface area contributed by atoms with Crippen molar-refractivity contribution < 1.29 is 4.74 Å². The maximum Gasteiger partial charge on any atom is 0.179 e. The van der Waals surface area contributed by atoms with E-state index in [1.807, 2.05) is 12.1 Å². The first kappa shape index (κ1) is 24.6. The maximum absolute atomic E-state index is 5.99. The average molecular weight is 557 g/mol. The number of benzene rings is 6. The Labute approximate surface area is 246 Å². The molecule has 0 bridgehead atoms. The minimum atomic E-state index is -2.61. The van der Waals surface area contributed by atoms with Crippen molar-refractivity contribution in [2.45, 2.75) is 6.61 Å². The molecule has 0 fully saturated rings. The topological polar surface area (TPSA) is 27.1 Å². The van der Waals surface area contributed by atoms with Crippen LogP contribution in [0.25, 0.3) is 27.8 Å². The van der Waals surface area contributed by atoms with E-state index in [1.165, 1.54) is 31.9 Å². The number of hydrogen-bond acceptors (Lipinski definition) is 2. The second kappa shape index (κ2) is 10.0. The van der Waals surface area contributed by atoms with Gasteiger partial charge in [0.05, 0.1) is 16.7 Å². The monoisotopic (exact) mass is 556 g/mol. The molecular formula is C38H28N2OSi. The van der Waals surface area contributed by atoms with Crippen molar-refractivity contribution in [2.75, 3.05) is 0 Å². The van der Waals surface area contributed by atoms with E-state index in [9.17, 15) is 0 Å². The first-order valence-electron chi connectivity index (χ1n) is 14.3. The van der Waals surface area contributed by atoms with Crippen LogP contribution in [0.4, 0.5) is 0 Å². The van der Waals surface area contributed by atoms with Crippen LogP contribution in [0.5, 0.6) is 5.75 Å². The van der Waals surface area contributed by atoms with Crippen molar-refractivity contribution in [2.24, 2.45) is 0 Å². The predicted molar refractivity (Wildman–Crippen MR) is 174 cm³/mol. The second-order valence-electron chi connectivity index (χ2n) is 10.8. The molecule has 6 aromatic carbocycles. The number of nitrogens with zero attached hydrogens (tertiary/aromatic N) is 2. The van der Waals surface area contributed by atoms with Gasteiger partial charge in [0.2, 0.25) is 0 Å². The zero-order chi connectivity index (χ0) is 27.9. The largest absolute Gasteiger partial charge is 0.483 e. The minimum Gasteiger partial charge on any atom is -0.483 e. The number of ether oxygens (including phenoxy) is 1. The molecule has 0 N–H and O–H groups in total. The van der Waals surface area contributed by atoms with Gasteiger partial charge in [-0.2, -0.15) is 0 Å². The third kappa shape index (κ3) is 3.84. The van der Waals surface area contributed by atoms with E-state index in [0.717, 1.165) is 28.3 Å². The zero-order valence-electron chi connectivity index (χ0n) is 23.0. The van der Waals surface area contributed by atoms with Gasteiger partial charge in [0.1, 0.15) is 12.4 Å². The molecule has 2 heterocycles. The fourth-order valence-corrected chi connectivity index (χ4v) is 11.4. The van der Waals surface area contributed by atoms with Gasteiger partial charge in [-0.25, -0.2) is 4.98 Å². The Hall–Kier alpha value is -5.19. The third-order valence-corrected chi connectivity index (χ3v) is 13.2. The SMILES string of the molecule is c1ccc([Si](c2ccccc2)(c2ccccc2)c2cccc(-c3ccc4nc5n(c4c3)-c3ccccc3OC5)c2)cc1. The molecule has 200 valence electrons. The van der Waals surface area contributed by atoms with E-state index in [4.69, 9.17) is 9.72 Å². The van der Waals surface area contributed by atoms with Gasteiger partial charge in [-0.1, -0.05) is 133 Å². The molecule has 0 unspecified atom stereocenters. The smallest absolute Gasteiger partial charge is 0.179 e. The highest BCUT2D eigenvalue weighted by molar-refractivity contribution is 7.19. The predicted octanol–water partition coefficient (Wildman–Crippen LogP) is 5.96. The lowest BCUT2D eigenvalue weighted by molar-refractivity contribution is 0.280. The van der Waals surface area contributed by atoms with Crippen LogP contribution in [0.3, 0.4) is 0 Å². The van der Waals surface area contributed by atoms with Gasteiger partial charge in [0.25, 0.3) is 0 Å². The Bertz CT molecular complexity index is 1940. The van der Waals surface area contributed by atoms with Gasteiger partial charge >= 0.3 is 0 Å². The van der Waals surface area contributed by atoms with Crippen molar-refractivity contribution in [1.29, 1.82) is 0 Å². The van der Waals surface area contributed by atoms with Gasteiger partial charge in [-0.05, 0) is 56.1 Å². The molecule has 42 heavy (non-hydrogen) atoms. The van der Waals surface area contributed by atoms with Gasteiger partial charge < -0.3 is 4.74 Å². The number of rotatable bonds is 5. The molecule has 0 spiro atoms. The summed E-state index contributed by atoms with van der Waals surface area (Å²) in [4.78, 5) is 4.91. The lowest BCUT2D eigenvalue weighted by Gasteiger charge is -2.34. The first-order valence-corrected chi connectivity index (χ1v) is 16.3. The standard InChI is InChI=1S/C38H28N2OSi/c1-4-14-30(15-5-1)42(31-16-6-2-7-17-31,32-18-8-3-9-19-32)33-20-12-13-28(25-33)29-23-24-34-36(26-29)40-35-21-10-11-22-37(35)41-27-38(40)39-34/h1-26H,27H2. The number of para-hydroxylation sites is 2. The Kier molecular flexibility index (Phi) is 5.87. The van der Waals surface area contributed by atoms with Crippen molar-refractivity contribution in [1.82, 2.24) is 9.55 Å². The maximum atomic E-state index is 5.99. The van der Waals surface area contributed by atoms with Crippen LogP contribution in [0.2, 0.25) is 0 Å². The van der Waals surface area contributed by atoms with Crippen LogP contribution in [0.1, 0.15) is 5.82 Å². The van der Waals surface area contributed by atoms with Crippen LogP contribution in [0.15, 0.2) is 158 Å². The second-order valence-corrected chi connectivity index (χ2v) is 14.6. The molecule has 7 aromatic rings. The molecule has 8 rings (SSSR count). The van der Waals surface area contributed by atoms with Crippen LogP contribution < -0.4 is 25.5 Å². The molecule has 0 aliphatic carbocycles. The highest BCUT2D eigenvalue weighted by Gasteiger charge is 2.41. The Morgan fingerprint density at radius 1 is 0.524 bits per heavy atom. The summed E-state index contributed by atoms with van der Waals surface area (Å²) in [7, 11) is -2.61. The van der Waals surface area contributed by atoms with E-state index in [2.05, 4.69) is 150 Å². The number of hydrogen-bond donors (Lipinski definition) is 0. The molecule has 0 amide bonds. The summed E-state index contributed by atoms with van der Waals surface area (Å²) in [5.41, 5.74) is 5.49. The fraction of sp³-hybridized carbons (Fsp3) is 0.0263. The van der Waals surface area contributed by atoms with Gasteiger partial charge in [0, 0.05) is 0 Å². The van der Waals surface area contributed by atoms with Gasteiger partial charge in [-0.15, -0.1) is 0 Å². The summed E-state index contributed by atoms with van der Waals surface area (Å²) in [6.07, 6.45) is 0. The molecule has 1 aliphatic heterocycles. The lowest BCUT2D eigenvalue weighted by atomic mass is 10.1. The van der Waals surface area contributed by atoms with Gasteiger partial charge in [0.15, 0.2) is 13.9 Å². The molecule has 0 radical (unpaired) electrons. The lowest BCUT2D eigenvalue weighted by Crippen LogP contribution is -2.74. The summed E-state index contributed by atoms with van der Waals surface area (Å²) in [6.45, 7) is 0.468. The normalized spacial score (nSPS) is 12.4. The van der Waals surface area contributed by atoms with E-state index < -0.39 is 8.07 Å².